The molecule has 0 saturated heterocycles. The molecular formula is C14H13NOS. The first-order valence-corrected chi connectivity index (χ1v) is 6.76. The van der Waals surface area contributed by atoms with Crippen molar-refractivity contribution in [3.63, 3.8) is 0 Å². The van der Waals surface area contributed by atoms with Gasteiger partial charge in [0.05, 0.1) is 0 Å². The molecule has 0 bridgehead atoms. The molecule has 0 N–H and O–H groups in total. The molecule has 1 heterocycles. The minimum atomic E-state index is 0.282. The molecule has 0 radical (unpaired) electrons. The fraction of sp³-hybridized carbons (Fsp3) is 0.286. The molecule has 3 heteroatoms. The molecule has 1 aliphatic carbocycles. The lowest BCUT2D eigenvalue weighted by Crippen LogP contribution is -2.24. The molecule has 1 saturated carbocycles. The SMILES string of the molecule is O=C1CCCC2SC(c3ccccc3)=NC=C12. The lowest BCUT2D eigenvalue weighted by Gasteiger charge is -2.26. The van der Waals surface area contributed by atoms with E-state index in [2.05, 4.69) is 17.1 Å². The van der Waals surface area contributed by atoms with Crippen molar-refractivity contribution in [2.45, 2.75) is 24.5 Å². The Morgan fingerprint density at radius 3 is 2.88 bits per heavy atom. The number of ketones is 1. The smallest absolute Gasteiger partial charge is 0.161 e. The van der Waals surface area contributed by atoms with E-state index in [1.54, 1.807) is 18.0 Å². The van der Waals surface area contributed by atoms with Crippen LogP contribution in [-0.2, 0) is 4.79 Å². The van der Waals surface area contributed by atoms with Crippen molar-refractivity contribution in [2.24, 2.45) is 4.99 Å². The second-order valence-corrected chi connectivity index (χ2v) is 5.50. The van der Waals surface area contributed by atoms with Gasteiger partial charge in [0, 0.05) is 29.0 Å². The Balaban J connectivity index is 1.93. The van der Waals surface area contributed by atoms with Gasteiger partial charge in [0.1, 0.15) is 5.04 Å². The van der Waals surface area contributed by atoms with Crippen molar-refractivity contribution in [3.05, 3.63) is 47.7 Å². The van der Waals surface area contributed by atoms with Gasteiger partial charge in [-0.2, -0.15) is 0 Å². The van der Waals surface area contributed by atoms with Gasteiger partial charge in [0.2, 0.25) is 0 Å². The fourth-order valence-electron chi connectivity index (χ4n) is 2.22. The number of fused-ring (bicyclic) bond motifs is 1. The van der Waals surface area contributed by atoms with Gasteiger partial charge >= 0.3 is 0 Å². The summed E-state index contributed by atoms with van der Waals surface area (Å²) in [6.45, 7) is 0. The molecule has 1 aromatic carbocycles. The van der Waals surface area contributed by atoms with Gasteiger partial charge in [-0.15, -0.1) is 0 Å². The molecule has 86 valence electrons. The van der Waals surface area contributed by atoms with Crippen LogP contribution in [-0.4, -0.2) is 16.1 Å². The van der Waals surface area contributed by atoms with Crippen molar-refractivity contribution in [1.29, 1.82) is 0 Å². The summed E-state index contributed by atoms with van der Waals surface area (Å²) in [5.41, 5.74) is 2.06. The minimum Gasteiger partial charge on any atom is -0.294 e. The van der Waals surface area contributed by atoms with Crippen LogP contribution in [0, 0.1) is 0 Å². The number of hydrogen-bond acceptors (Lipinski definition) is 3. The summed E-state index contributed by atoms with van der Waals surface area (Å²) < 4.78 is 0. The molecule has 2 nitrogen and oxygen atoms in total. The van der Waals surface area contributed by atoms with Crippen LogP contribution in [0.2, 0.25) is 0 Å². The van der Waals surface area contributed by atoms with Gasteiger partial charge < -0.3 is 0 Å². The van der Waals surface area contributed by atoms with E-state index in [-0.39, 0.29) is 5.78 Å². The molecule has 1 aromatic rings. The second-order valence-electron chi connectivity index (χ2n) is 4.31. The Kier molecular flexibility index (Phi) is 2.85. The molecule has 1 fully saturated rings. The van der Waals surface area contributed by atoms with E-state index in [0.717, 1.165) is 29.0 Å². The number of Topliss-reactive ketones (excluding diaryl/α,β-unsaturated/α-hetero) is 1. The molecule has 17 heavy (non-hydrogen) atoms. The van der Waals surface area contributed by atoms with Crippen LogP contribution >= 0.6 is 11.8 Å². The van der Waals surface area contributed by atoms with E-state index in [1.807, 2.05) is 18.2 Å². The molecule has 1 aliphatic heterocycles. The highest BCUT2D eigenvalue weighted by molar-refractivity contribution is 8.15. The van der Waals surface area contributed by atoms with Gasteiger partial charge in [-0.05, 0) is 12.8 Å². The lowest BCUT2D eigenvalue weighted by molar-refractivity contribution is -0.116. The van der Waals surface area contributed by atoms with Crippen molar-refractivity contribution >= 4 is 22.6 Å². The maximum atomic E-state index is 11.7. The standard InChI is InChI=1S/C14H13NOS/c16-12-7-4-8-13-11(12)9-15-14(17-13)10-5-2-1-3-6-10/h1-3,5-6,9,13H,4,7-8H2. The molecule has 0 amide bonds. The largest absolute Gasteiger partial charge is 0.294 e. The zero-order chi connectivity index (χ0) is 11.7. The van der Waals surface area contributed by atoms with Gasteiger partial charge in [-0.1, -0.05) is 42.1 Å². The first kappa shape index (κ1) is 10.8. The molecule has 3 rings (SSSR count). The molecule has 1 unspecified atom stereocenters. The first-order chi connectivity index (χ1) is 8.34. The van der Waals surface area contributed by atoms with E-state index in [1.165, 1.54) is 0 Å². The van der Waals surface area contributed by atoms with Crippen molar-refractivity contribution < 1.29 is 4.79 Å². The van der Waals surface area contributed by atoms with Crippen LogP contribution in [0.25, 0.3) is 0 Å². The van der Waals surface area contributed by atoms with Crippen LogP contribution in [0.15, 0.2) is 47.1 Å². The summed E-state index contributed by atoms with van der Waals surface area (Å²) in [5, 5.41) is 1.36. The first-order valence-electron chi connectivity index (χ1n) is 5.88. The monoisotopic (exact) mass is 243 g/mol. The quantitative estimate of drug-likeness (QED) is 0.758. The molecule has 1 atom stereocenters. The van der Waals surface area contributed by atoms with Crippen LogP contribution in [0.1, 0.15) is 24.8 Å². The Bertz CT molecular complexity index is 504. The summed E-state index contributed by atoms with van der Waals surface area (Å²) >= 11 is 1.73. The summed E-state index contributed by atoms with van der Waals surface area (Å²) in [4.78, 5) is 16.2. The van der Waals surface area contributed by atoms with Crippen LogP contribution in [0.5, 0.6) is 0 Å². The Morgan fingerprint density at radius 2 is 2.06 bits per heavy atom. The van der Waals surface area contributed by atoms with Crippen molar-refractivity contribution in [3.8, 4) is 0 Å². The number of carbonyl (C=O) groups is 1. The highest BCUT2D eigenvalue weighted by Gasteiger charge is 2.29. The molecule has 0 spiro atoms. The fourth-order valence-corrected chi connectivity index (χ4v) is 3.48. The van der Waals surface area contributed by atoms with Crippen molar-refractivity contribution in [2.75, 3.05) is 0 Å². The number of hydrogen-bond donors (Lipinski definition) is 0. The topological polar surface area (TPSA) is 29.4 Å². The summed E-state index contributed by atoms with van der Waals surface area (Å²) in [6.07, 6.45) is 4.58. The van der Waals surface area contributed by atoms with E-state index in [4.69, 9.17) is 0 Å². The van der Waals surface area contributed by atoms with Crippen LogP contribution < -0.4 is 0 Å². The zero-order valence-electron chi connectivity index (χ0n) is 9.43. The number of carbonyl (C=O) groups excluding carboxylic acids is 1. The van der Waals surface area contributed by atoms with Gasteiger partial charge in [0.25, 0.3) is 0 Å². The third-order valence-electron chi connectivity index (χ3n) is 3.13. The Morgan fingerprint density at radius 1 is 1.24 bits per heavy atom. The average Bonchev–Trinajstić information content (AvgIpc) is 2.40. The molecule has 0 aromatic heterocycles. The number of nitrogens with zero attached hydrogens (tertiary/aromatic N) is 1. The number of thioether (sulfide) groups is 1. The summed E-state index contributed by atoms with van der Waals surface area (Å²) in [7, 11) is 0. The molecule has 2 aliphatic rings. The Labute approximate surface area is 105 Å². The third kappa shape index (κ3) is 2.07. The van der Waals surface area contributed by atoms with E-state index >= 15 is 0 Å². The van der Waals surface area contributed by atoms with Gasteiger partial charge in [0.15, 0.2) is 5.78 Å². The molecular weight excluding hydrogens is 230 g/mol. The normalized spacial score (nSPS) is 23.8. The van der Waals surface area contributed by atoms with Crippen LogP contribution in [0.4, 0.5) is 0 Å². The number of rotatable bonds is 1. The zero-order valence-corrected chi connectivity index (χ0v) is 10.2. The van der Waals surface area contributed by atoms with E-state index in [0.29, 0.717) is 11.7 Å². The third-order valence-corrected chi connectivity index (χ3v) is 4.47. The maximum Gasteiger partial charge on any atom is 0.161 e. The Hall–Kier alpha value is -1.35. The van der Waals surface area contributed by atoms with E-state index < -0.39 is 0 Å². The highest BCUT2D eigenvalue weighted by Crippen LogP contribution is 2.36. The predicted molar refractivity (Wildman–Crippen MR) is 71.3 cm³/mol. The number of benzene rings is 1. The van der Waals surface area contributed by atoms with Crippen molar-refractivity contribution in [1.82, 2.24) is 0 Å². The predicted octanol–water partition coefficient (Wildman–Crippen LogP) is 3.19. The summed E-state index contributed by atoms with van der Waals surface area (Å²) in [5.74, 6) is 0.282. The minimum absolute atomic E-state index is 0.282. The highest BCUT2D eigenvalue weighted by atomic mass is 32.2. The van der Waals surface area contributed by atoms with Crippen LogP contribution in [0.3, 0.4) is 0 Å². The number of aliphatic imine (C=N–C) groups is 1. The summed E-state index contributed by atoms with van der Waals surface area (Å²) in [6, 6.07) is 10.2. The van der Waals surface area contributed by atoms with Gasteiger partial charge in [-0.25, -0.2) is 4.99 Å². The average molecular weight is 243 g/mol. The second kappa shape index (κ2) is 4.49. The van der Waals surface area contributed by atoms with Gasteiger partial charge in [-0.3, -0.25) is 4.79 Å². The lowest BCUT2D eigenvalue weighted by atomic mass is 9.94. The van der Waals surface area contributed by atoms with E-state index in [9.17, 15) is 4.79 Å². The maximum absolute atomic E-state index is 11.7.